The highest BCUT2D eigenvalue weighted by Crippen LogP contribution is 2.24. The Morgan fingerprint density at radius 3 is 2.21 bits per heavy atom. The van der Waals surface area contributed by atoms with E-state index in [9.17, 15) is 0 Å². The van der Waals surface area contributed by atoms with Crippen LogP contribution in [0.3, 0.4) is 0 Å². The third-order valence-electron chi connectivity index (χ3n) is 7.40. The number of unbranched alkanes of at least 4 members (excludes halogenated alkanes) is 1. The number of imidazole rings is 1. The molecule has 0 amide bonds. The quantitative estimate of drug-likeness (QED) is 0.141. The van der Waals surface area contributed by atoms with Gasteiger partial charge >= 0.3 is 0 Å². The van der Waals surface area contributed by atoms with Gasteiger partial charge in [0.25, 0.3) is 0 Å². The number of rotatable bonds is 16. The molecule has 5 nitrogen and oxygen atoms in total. The summed E-state index contributed by atoms with van der Waals surface area (Å²) < 4.78 is 14.5. The first-order valence-corrected chi connectivity index (χ1v) is 14.7. The van der Waals surface area contributed by atoms with Gasteiger partial charge < -0.3 is 18.9 Å². The van der Waals surface area contributed by atoms with Crippen LogP contribution in [0.5, 0.6) is 11.5 Å². The highest BCUT2D eigenvalue weighted by atomic mass is 16.5. The SMILES string of the molecule is CCCCn1c(CCc2ccc(OCc3ccc(C)cc3)cc2)nc2ccc(OCCCN(CC)CC)cc21. The second-order valence-corrected chi connectivity index (χ2v) is 10.3. The molecule has 0 saturated carbocycles. The third kappa shape index (κ3) is 8.34. The topological polar surface area (TPSA) is 39.5 Å². The van der Waals surface area contributed by atoms with Crippen molar-refractivity contribution in [3.8, 4) is 11.5 Å². The molecular formula is C34H45N3O2. The normalized spacial score (nSPS) is 11.4. The van der Waals surface area contributed by atoms with Gasteiger partial charge in [0.2, 0.25) is 0 Å². The van der Waals surface area contributed by atoms with E-state index >= 15 is 0 Å². The summed E-state index contributed by atoms with van der Waals surface area (Å²) >= 11 is 0. The van der Waals surface area contributed by atoms with Gasteiger partial charge in [0.15, 0.2) is 0 Å². The molecule has 0 aliphatic carbocycles. The Bertz CT molecular complexity index is 1270. The molecule has 0 fully saturated rings. The monoisotopic (exact) mass is 527 g/mol. The van der Waals surface area contributed by atoms with Gasteiger partial charge in [-0.2, -0.15) is 0 Å². The summed E-state index contributed by atoms with van der Waals surface area (Å²) in [6.07, 6.45) is 5.19. The van der Waals surface area contributed by atoms with Crippen LogP contribution in [0.15, 0.2) is 66.7 Å². The van der Waals surface area contributed by atoms with Crippen molar-refractivity contribution in [3.63, 3.8) is 0 Å². The van der Waals surface area contributed by atoms with Crippen molar-refractivity contribution in [2.24, 2.45) is 0 Å². The van der Waals surface area contributed by atoms with E-state index in [0.29, 0.717) is 6.61 Å². The average molecular weight is 528 g/mol. The fourth-order valence-corrected chi connectivity index (χ4v) is 4.88. The first-order valence-electron chi connectivity index (χ1n) is 14.7. The minimum absolute atomic E-state index is 0.586. The van der Waals surface area contributed by atoms with E-state index in [-0.39, 0.29) is 0 Å². The molecule has 1 heterocycles. The van der Waals surface area contributed by atoms with Crippen LogP contribution in [0.2, 0.25) is 0 Å². The fourth-order valence-electron chi connectivity index (χ4n) is 4.88. The van der Waals surface area contributed by atoms with Crippen LogP contribution in [-0.2, 0) is 26.0 Å². The Morgan fingerprint density at radius 1 is 0.769 bits per heavy atom. The van der Waals surface area contributed by atoms with Crippen molar-refractivity contribution in [1.29, 1.82) is 0 Å². The Labute approximate surface area is 234 Å². The Morgan fingerprint density at radius 2 is 1.49 bits per heavy atom. The molecule has 0 unspecified atom stereocenters. The number of fused-ring (bicyclic) bond motifs is 1. The van der Waals surface area contributed by atoms with E-state index in [2.05, 4.69) is 104 Å². The first kappa shape index (κ1) is 28.7. The van der Waals surface area contributed by atoms with Gasteiger partial charge in [0.05, 0.1) is 17.6 Å². The summed E-state index contributed by atoms with van der Waals surface area (Å²) in [6, 6.07) is 23.3. The number of aromatic nitrogens is 2. The molecule has 0 aliphatic heterocycles. The molecule has 0 spiro atoms. The maximum absolute atomic E-state index is 6.14. The van der Waals surface area contributed by atoms with E-state index in [1.54, 1.807) is 0 Å². The van der Waals surface area contributed by atoms with Gasteiger partial charge in [-0.25, -0.2) is 4.98 Å². The lowest BCUT2D eigenvalue weighted by molar-refractivity contribution is 0.249. The smallest absolute Gasteiger partial charge is 0.121 e. The maximum Gasteiger partial charge on any atom is 0.121 e. The molecule has 0 radical (unpaired) electrons. The number of nitrogens with zero attached hydrogens (tertiary/aromatic N) is 3. The Hall–Kier alpha value is -3.31. The molecule has 0 bridgehead atoms. The predicted octanol–water partition coefficient (Wildman–Crippen LogP) is 7.62. The number of ether oxygens (including phenoxy) is 2. The van der Waals surface area contributed by atoms with Crippen molar-refractivity contribution < 1.29 is 9.47 Å². The molecule has 3 aromatic carbocycles. The van der Waals surface area contributed by atoms with Crippen molar-refractivity contribution in [2.75, 3.05) is 26.2 Å². The van der Waals surface area contributed by atoms with Crippen molar-refractivity contribution in [3.05, 3.63) is 89.2 Å². The van der Waals surface area contributed by atoms with Gasteiger partial charge in [-0.05, 0) is 74.7 Å². The number of hydrogen-bond donors (Lipinski definition) is 0. The average Bonchev–Trinajstić information content (AvgIpc) is 3.31. The molecule has 0 atom stereocenters. The zero-order chi connectivity index (χ0) is 27.5. The van der Waals surface area contributed by atoms with E-state index in [0.717, 1.165) is 87.7 Å². The molecule has 39 heavy (non-hydrogen) atoms. The van der Waals surface area contributed by atoms with Gasteiger partial charge in [0, 0.05) is 25.6 Å². The van der Waals surface area contributed by atoms with E-state index in [1.807, 2.05) is 0 Å². The largest absolute Gasteiger partial charge is 0.493 e. The number of hydrogen-bond acceptors (Lipinski definition) is 4. The lowest BCUT2D eigenvalue weighted by Gasteiger charge is -2.17. The molecule has 208 valence electrons. The minimum atomic E-state index is 0.586. The molecule has 0 aliphatic rings. The molecule has 0 N–H and O–H groups in total. The van der Waals surface area contributed by atoms with Crippen LogP contribution in [0, 0.1) is 6.92 Å². The highest BCUT2D eigenvalue weighted by molar-refractivity contribution is 5.78. The van der Waals surface area contributed by atoms with Crippen molar-refractivity contribution in [2.45, 2.75) is 73.0 Å². The summed E-state index contributed by atoms with van der Waals surface area (Å²) in [7, 11) is 0. The van der Waals surface area contributed by atoms with Crippen molar-refractivity contribution >= 4 is 11.0 Å². The Balaban J connectivity index is 1.37. The maximum atomic E-state index is 6.14. The summed E-state index contributed by atoms with van der Waals surface area (Å²) in [6.45, 7) is 14.3. The van der Waals surface area contributed by atoms with Crippen molar-refractivity contribution in [1.82, 2.24) is 14.5 Å². The molecule has 5 heteroatoms. The zero-order valence-electron chi connectivity index (χ0n) is 24.3. The van der Waals surface area contributed by atoms with Gasteiger partial charge in [-0.15, -0.1) is 0 Å². The third-order valence-corrected chi connectivity index (χ3v) is 7.40. The fraction of sp³-hybridized carbons (Fsp3) is 0.441. The van der Waals surface area contributed by atoms with Crippen LogP contribution in [0.4, 0.5) is 0 Å². The summed E-state index contributed by atoms with van der Waals surface area (Å²) in [5.41, 5.74) is 5.98. The summed E-state index contributed by atoms with van der Waals surface area (Å²) in [4.78, 5) is 7.46. The Kier molecular flexibility index (Phi) is 10.8. The minimum Gasteiger partial charge on any atom is -0.493 e. The first-order chi connectivity index (χ1) is 19.1. The van der Waals surface area contributed by atoms with Crippen LogP contribution in [0.1, 0.15) is 62.5 Å². The van der Waals surface area contributed by atoms with Gasteiger partial charge in [-0.1, -0.05) is 69.2 Å². The second kappa shape index (κ2) is 14.7. The highest BCUT2D eigenvalue weighted by Gasteiger charge is 2.12. The van der Waals surface area contributed by atoms with Crippen LogP contribution < -0.4 is 9.47 Å². The van der Waals surface area contributed by atoms with Crippen LogP contribution in [0.25, 0.3) is 11.0 Å². The number of benzene rings is 3. The lowest BCUT2D eigenvalue weighted by Crippen LogP contribution is -2.25. The van der Waals surface area contributed by atoms with Gasteiger partial charge in [-0.3, -0.25) is 0 Å². The number of aryl methyl sites for hydroxylation is 4. The molecule has 4 aromatic rings. The summed E-state index contributed by atoms with van der Waals surface area (Å²) in [5.74, 6) is 2.99. The summed E-state index contributed by atoms with van der Waals surface area (Å²) in [5, 5.41) is 0. The van der Waals surface area contributed by atoms with E-state index < -0.39 is 0 Å². The molecular weight excluding hydrogens is 482 g/mol. The second-order valence-electron chi connectivity index (χ2n) is 10.3. The van der Waals surface area contributed by atoms with Gasteiger partial charge in [0.1, 0.15) is 23.9 Å². The zero-order valence-corrected chi connectivity index (χ0v) is 24.3. The molecule has 0 saturated heterocycles. The molecule has 1 aromatic heterocycles. The predicted molar refractivity (Wildman–Crippen MR) is 162 cm³/mol. The van der Waals surface area contributed by atoms with E-state index in [1.165, 1.54) is 22.2 Å². The lowest BCUT2D eigenvalue weighted by atomic mass is 10.1. The standard InChI is InChI=1S/C34H45N3O2/c1-5-8-23-37-33-25-31(38-24-9-22-36(6-2)7-3)19-20-32(33)35-34(37)21-16-28-14-17-30(18-15-28)39-26-29-12-10-27(4)11-13-29/h10-15,17-20,25H,5-9,16,21-24,26H2,1-4H3. The van der Waals surface area contributed by atoms with Crippen LogP contribution >= 0.6 is 0 Å². The van der Waals surface area contributed by atoms with E-state index in [4.69, 9.17) is 14.5 Å². The molecule has 4 rings (SSSR count). The van der Waals surface area contributed by atoms with Crippen LogP contribution in [-0.4, -0.2) is 40.7 Å².